The molecule has 0 aliphatic carbocycles. The Hall–Kier alpha value is -3.75. The Bertz CT molecular complexity index is 1070. The van der Waals surface area contributed by atoms with E-state index in [0.717, 1.165) is 5.56 Å². The molecule has 1 aromatic heterocycles. The molecule has 0 saturated heterocycles. The summed E-state index contributed by atoms with van der Waals surface area (Å²) < 4.78 is 51.3. The number of carbonyl (C=O) groups is 1. The van der Waals surface area contributed by atoms with Crippen LogP contribution in [0.5, 0.6) is 23.0 Å². The fraction of sp³-hybridized carbons (Fsp3) is 0.190. The molecular weight excluding hydrogens is 400 g/mol. The molecule has 9 heteroatoms. The van der Waals surface area contributed by atoms with Gasteiger partial charge in [0.25, 0.3) is 5.91 Å². The number of fused-ring (bicyclic) bond motifs is 1. The van der Waals surface area contributed by atoms with Gasteiger partial charge in [-0.3, -0.25) is 4.79 Å². The van der Waals surface area contributed by atoms with Crippen molar-refractivity contribution < 1.29 is 36.9 Å². The van der Waals surface area contributed by atoms with Crippen molar-refractivity contribution in [2.75, 3.05) is 12.1 Å². The first kappa shape index (κ1) is 19.6. The Balaban J connectivity index is 1.40. The molecule has 1 aliphatic heterocycles. The number of nitrogens with one attached hydrogen (secondary N) is 1. The number of aryl methyl sites for hydroxylation is 1. The number of alkyl halides is 2. The largest absolute Gasteiger partial charge is 0.486 e. The monoisotopic (exact) mass is 417 g/mol. The number of hydrogen-bond acceptors (Lipinski definition) is 6. The minimum Gasteiger partial charge on any atom is -0.486 e. The lowest BCUT2D eigenvalue weighted by Gasteiger charge is -2.12. The zero-order chi connectivity index (χ0) is 21.1. The van der Waals surface area contributed by atoms with Gasteiger partial charge >= 0.3 is 6.61 Å². The number of anilines is 1. The molecule has 0 spiro atoms. The van der Waals surface area contributed by atoms with Crippen LogP contribution in [0.4, 0.5) is 14.5 Å². The lowest BCUT2D eigenvalue weighted by Crippen LogP contribution is -2.13. The van der Waals surface area contributed by atoms with Crippen molar-refractivity contribution in [2.24, 2.45) is 0 Å². The minimum atomic E-state index is -3.01. The third-order valence-corrected chi connectivity index (χ3v) is 4.21. The number of furan rings is 1. The maximum Gasteiger partial charge on any atom is 0.387 e. The van der Waals surface area contributed by atoms with E-state index in [0.29, 0.717) is 23.0 Å². The van der Waals surface area contributed by atoms with Crippen LogP contribution in [0.1, 0.15) is 21.9 Å². The van der Waals surface area contributed by atoms with Gasteiger partial charge in [0, 0.05) is 6.07 Å². The molecule has 2 heterocycles. The van der Waals surface area contributed by atoms with Crippen LogP contribution < -0.4 is 24.3 Å². The number of hydrogen-bond donors (Lipinski definition) is 1. The maximum atomic E-state index is 12.6. The van der Waals surface area contributed by atoms with Crippen molar-refractivity contribution in [3.05, 3.63) is 65.6 Å². The molecular formula is C21H17F2NO6. The van der Waals surface area contributed by atoms with E-state index in [2.05, 4.69) is 10.1 Å². The van der Waals surface area contributed by atoms with Crippen LogP contribution >= 0.6 is 0 Å². The summed E-state index contributed by atoms with van der Waals surface area (Å²) in [5.41, 5.74) is 0.888. The summed E-state index contributed by atoms with van der Waals surface area (Å²) in [5, 5.41) is 2.53. The Morgan fingerprint density at radius 3 is 2.77 bits per heavy atom. The summed E-state index contributed by atoms with van der Waals surface area (Å²) in [7, 11) is 0. The quantitative estimate of drug-likeness (QED) is 0.598. The molecule has 4 rings (SSSR count). The molecule has 1 aliphatic rings. The van der Waals surface area contributed by atoms with E-state index in [1.54, 1.807) is 37.3 Å². The van der Waals surface area contributed by atoms with Crippen LogP contribution in [0.15, 0.2) is 52.9 Å². The first-order valence-electron chi connectivity index (χ1n) is 8.96. The van der Waals surface area contributed by atoms with Crippen LogP contribution in [0.25, 0.3) is 0 Å². The molecule has 3 aromatic rings. The van der Waals surface area contributed by atoms with Crippen LogP contribution in [-0.2, 0) is 6.61 Å². The Morgan fingerprint density at radius 1 is 1.10 bits per heavy atom. The van der Waals surface area contributed by atoms with Gasteiger partial charge in [-0.1, -0.05) is 6.07 Å². The van der Waals surface area contributed by atoms with E-state index >= 15 is 0 Å². The van der Waals surface area contributed by atoms with Crippen molar-refractivity contribution in [1.82, 2.24) is 0 Å². The average Bonchev–Trinajstić information content (AvgIpc) is 3.37. The van der Waals surface area contributed by atoms with E-state index in [1.165, 1.54) is 18.2 Å². The number of amides is 1. The summed E-state index contributed by atoms with van der Waals surface area (Å²) in [6.45, 7) is -0.996. The first-order chi connectivity index (χ1) is 14.5. The van der Waals surface area contributed by atoms with Gasteiger partial charge in [0.1, 0.15) is 23.9 Å². The predicted octanol–water partition coefficient (Wildman–Crippen LogP) is 4.75. The number of ether oxygens (including phenoxy) is 4. The van der Waals surface area contributed by atoms with Gasteiger partial charge in [-0.25, -0.2) is 0 Å². The Labute approximate surface area is 170 Å². The zero-order valence-electron chi connectivity index (χ0n) is 15.8. The van der Waals surface area contributed by atoms with Gasteiger partial charge in [-0.05, 0) is 48.9 Å². The van der Waals surface area contributed by atoms with E-state index in [-0.39, 0.29) is 30.6 Å². The van der Waals surface area contributed by atoms with Gasteiger partial charge in [0.15, 0.2) is 17.3 Å². The summed E-state index contributed by atoms with van der Waals surface area (Å²) in [6.07, 6.45) is 0. The molecule has 30 heavy (non-hydrogen) atoms. The van der Waals surface area contributed by atoms with Crippen LogP contribution in [0.2, 0.25) is 0 Å². The minimum absolute atomic E-state index is 0.00351. The molecule has 0 atom stereocenters. The molecule has 0 saturated carbocycles. The highest BCUT2D eigenvalue weighted by Gasteiger charge is 2.17. The van der Waals surface area contributed by atoms with Gasteiger partial charge in [-0.15, -0.1) is 0 Å². The number of halogens is 2. The molecule has 7 nitrogen and oxygen atoms in total. The fourth-order valence-corrected chi connectivity index (χ4v) is 2.82. The number of rotatable bonds is 7. The van der Waals surface area contributed by atoms with Crippen molar-refractivity contribution in [2.45, 2.75) is 20.1 Å². The summed E-state index contributed by atoms with van der Waals surface area (Å²) in [4.78, 5) is 12.5. The van der Waals surface area contributed by atoms with E-state index in [4.69, 9.17) is 18.6 Å². The molecule has 156 valence electrons. The normalized spacial score (nSPS) is 12.1. The molecule has 0 radical (unpaired) electrons. The van der Waals surface area contributed by atoms with Gasteiger partial charge in [0.05, 0.1) is 5.69 Å². The third kappa shape index (κ3) is 4.45. The lowest BCUT2D eigenvalue weighted by atomic mass is 10.2. The second-order valence-electron chi connectivity index (χ2n) is 6.40. The number of benzene rings is 2. The summed E-state index contributed by atoms with van der Waals surface area (Å²) in [5.74, 6) is 1.46. The molecule has 1 amide bonds. The molecule has 0 bridgehead atoms. The van der Waals surface area contributed by atoms with Crippen LogP contribution in [0.3, 0.4) is 0 Å². The van der Waals surface area contributed by atoms with Crippen molar-refractivity contribution >= 4 is 11.6 Å². The Morgan fingerprint density at radius 2 is 1.93 bits per heavy atom. The summed E-state index contributed by atoms with van der Waals surface area (Å²) in [6, 6.07) is 12.7. The SMILES string of the molecule is Cc1ccc(OC(F)F)c(NC(=O)c2ccc(COc3ccc4c(c3)OCO4)o2)c1. The van der Waals surface area contributed by atoms with E-state index in [9.17, 15) is 13.6 Å². The lowest BCUT2D eigenvalue weighted by molar-refractivity contribution is -0.0493. The fourth-order valence-electron chi connectivity index (χ4n) is 2.82. The smallest absolute Gasteiger partial charge is 0.387 e. The highest BCUT2D eigenvalue weighted by molar-refractivity contribution is 6.03. The third-order valence-electron chi connectivity index (χ3n) is 4.21. The average molecular weight is 417 g/mol. The highest BCUT2D eigenvalue weighted by atomic mass is 19.3. The van der Waals surface area contributed by atoms with Crippen LogP contribution in [-0.4, -0.2) is 19.3 Å². The second-order valence-corrected chi connectivity index (χ2v) is 6.40. The van der Waals surface area contributed by atoms with Gasteiger partial charge in [-0.2, -0.15) is 8.78 Å². The second kappa shape index (κ2) is 8.32. The van der Waals surface area contributed by atoms with Crippen LogP contribution in [0, 0.1) is 6.92 Å². The molecule has 2 aromatic carbocycles. The maximum absolute atomic E-state index is 12.6. The summed E-state index contributed by atoms with van der Waals surface area (Å²) >= 11 is 0. The van der Waals surface area contributed by atoms with Crippen molar-refractivity contribution in [3.63, 3.8) is 0 Å². The van der Waals surface area contributed by atoms with Crippen molar-refractivity contribution in [3.8, 4) is 23.0 Å². The molecule has 1 N–H and O–H groups in total. The highest BCUT2D eigenvalue weighted by Crippen LogP contribution is 2.35. The predicted molar refractivity (Wildman–Crippen MR) is 101 cm³/mol. The topological polar surface area (TPSA) is 79.2 Å². The molecule has 0 fully saturated rings. The van der Waals surface area contributed by atoms with E-state index < -0.39 is 12.5 Å². The number of carbonyl (C=O) groups excluding carboxylic acids is 1. The van der Waals surface area contributed by atoms with E-state index in [1.807, 2.05) is 0 Å². The zero-order valence-corrected chi connectivity index (χ0v) is 15.8. The Kier molecular flexibility index (Phi) is 5.42. The van der Waals surface area contributed by atoms with Gasteiger partial charge < -0.3 is 28.7 Å². The van der Waals surface area contributed by atoms with Crippen molar-refractivity contribution in [1.29, 1.82) is 0 Å². The molecule has 0 unspecified atom stereocenters. The first-order valence-corrected chi connectivity index (χ1v) is 8.96. The van der Waals surface area contributed by atoms with Gasteiger partial charge in [0.2, 0.25) is 6.79 Å². The standard InChI is InChI=1S/C21H17F2NO6/c1-12-2-5-16(30-21(22)23)15(8-12)24-20(25)18-7-4-14(29-18)10-26-13-3-6-17-19(9-13)28-11-27-17/h2-9,21H,10-11H2,1H3,(H,24,25).